The van der Waals surface area contributed by atoms with Crippen LogP contribution in [0.3, 0.4) is 0 Å². The van der Waals surface area contributed by atoms with Gasteiger partial charge in [0.25, 0.3) is 5.91 Å². The number of pyridine rings is 1. The van der Waals surface area contributed by atoms with Crippen LogP contribution in [-0.4, -0.2) is 15.3 Å². The van der Waals surface area contributed by atoms with E-state index in [0.29, 0.717) is 17.8 Å². The molecule has 2 aromatic heterocycles. The van der Waals surface area contributed by atoms with E-state index < -0.39 is 35.1 Å². The molecular formula is C18H13F6N3O. The van der Waals surface area contributed by atoms with Gasteiger partial charge in [-0.2, -0.15) is 26.3 Å². The lowest BCUT2D eigenvalue weighted by Crippen LogP contribution is -2.18. The molecule has 148 valence electrons. The first kappa shape index (κ1) is 19.7. The molecule has 0 saturated heterocycles. The number of aromatic nitrogens is 2. The summed E-state index contributed by atoms with van der Waals surface area (Å²) in [7, 11) is 0. The molecule has 1 aromatic carbocycles. The largest absolute Gasteiger partial charge is 0.416 e. The van der Waals surface area contributed by atoms with Crippen molar-refractivity contribution in [2.24, 2.45) is 0 Å². The number of hydrogen-bond donors (Lipinski definition) is 1. The van der Waals surface area contributed by atoms with E-state index in [2.05, 4.69) is 10.3 Å². The fraction of sp³-hybridized carbons (Fsp3) is 0.222. The molecule has 0 aliphatic carbocycles. The summed E-state index contributed by atoms with van der Waals surface area (Å²) in [4.78, 5) is 16.8. The quantitative estimate of drug-likeness (QED) is 0.597. The van der Waals surface area contributed by atoms with E-state index in [1.165, 1.54) is 11.3 Å². The third kappa shape index (κ3) is 3.80. The highest BCUT2D eigenvalue weighted by molar-refractivity contribution is 6.04. The number of anilines is 1. The van der Waals surface area contributed by atoms with Crippen LogP contribution in [0.4, 0.5) is 32.0 Å². The Bertz CT molecular complexity index is 1030. The Labute approximate surface area is 154 Å². The maximum absolute atomic E-state index is 13.0. The van der Waals surface area contributed by atoms with Gasteiger partial charge in [0.2, 0.25) is 0 Å². The summed E-state index contributed by atoms with van der Waals surface area (Å²) in [6.07, 6.45) is -8.46. The lowest BCUT2D eigenvalue weighted by Gasteiger charge is -2.15. The maximum atomic E-state index is 13.0. The summed E-state index contributed by atoms with van der Waals surface area (Å²) in [5.74, 6) is -0.874. The second kappa shape index (κ2) is 6.54. The highest BCUT2D eigenvalue weighted by atomic mass is 19.4. The van der Waals surface area contributed by atoms with E-state index in [-0.39, 0.29) is 17.5 Å². The molecule has 0 spiro atoms. The first-order chi connectivity index (χ1) is 12.9. The molecule has 0 saturated carbocycles. The van der Waals surface area contributed by atoms with Gasteiger partial charge in [-0.05, 0) is 49.7 Å². The fourth-order valence-electron chi connectivity index (χ4n) is 2.76. The molecule has 1 N–H and O–H groups in total. The number of fused-ring (bicyclic) bond motifs is 1. The van der Waals surface area contributed by atoms with Gasteiger partial charge in [-0.1, -0.05) is 0 Å². The minimum atomic E-state index is -5.00. The number of alkyl halides is 6. The Hall–Kier alpha value is -3.04. The van der Waals surface area contributed by atoms with Crippen molar-refractivity contribution in [3.8, 4) is 0 Å². The first-order valence-electron chi connectivity index (χ1n) is 7.92. The number of carbonyl (C=O) groups excluding carboxylic acids is 1. The standard InChI is InChI=1S/C18H13F6N3O/c1-9-3-4-27-14(5-9)25-10(2)15(27)16(28)26-13-7-11(17(19,20)21)6-12(8-13)18(22,23)24/h3-8H,1-2H3,(H,26,28). The number of nitrogens with zero attached hydrogens (tertiary/aromatic N) is 2. The van der Waals surface area contributed by atoms with Crippen LogP contribution < -0.4 is 5.32 Å². The summed E-state index contributed by atoms with van der Waals surface area (Å²) in [5, 5.41) is 2.12. The van der Waals surface area contributed by atoms with Crippen LogP contribution in [0, 0.1) is 13.8 Å². The average Bonchev–Trinajstić information content (AvgIpc) is 2.87. The van der Waals surface area contributed by atoms with Gasteiger partial charge in [0, 0.05) is 11.9 Å². The monoisotopic (exact) mass is 401 g/mol. The zero-order valence-corrected chi connectivity index (χ0v) is 14.5. The molecule has 3 rings (SSSR count). The highest BCUT2D eigenvalue weighted by Gasteiger charge is 2.37. The Morgan fingerprint density at radius 1 is 0.964 bits per heavy atom. The SMILES string of the molecule is Cc1ccn2c(C(=O)Nc3cc(C(F)(F)F)cc(C(F)(F)F)c3)c(C)nc2c1. The number of aryl methyl sites for hydroxylation is 2. The molecule has 28 heavy (non-hydrogen) atoms. The number of halogens is 6. The van der Waals surface area contributed by atoms with Crippen LogP contribution in [0.15, 0.2) is 36.5 Å². The molecule has 10 heteroatoms. The van der Waals surface area contributed by atoms with Crippen molar-refractivity contribution in [3.63, 3.8) is 0 Å². The summed E-state index contributed by atoms with van der Waals surface area (Å²) >= 11 is 0. The number of hydrogen-bond acceptors (Lipinski definition) is 2. The van der Waals surface area contributed by atoms with Gasteiger partial charge in [-0.3, -0.25) is 9.20 Å². The Morgan fingerprint density at radius 2 is 1.54 bits per heavy atom. The predicted octanol–water partition coefficient (Wildman–Crippen LogP) is 5.24. The highest BCUT2D eigenvalue weighted by Crippen LogP contribution is 2.37. The lowest BCUT2D eigenvalue weighted by atomic mass is 10.1. The smallest absolute Gasteiger partial charge is 0.321 e. The van der Waals surface area contributed by atoms with Crippen LogP contribution in [0.25, 0.3) is 5.65 Å². The minimum absolute atomic E-state index is 0.00208. The number of amides is 1. The Morgan fingerprint density at radius 3 is 2.07 bits per heavy atom. The fourth-order valence-corrected chi connectivity index (χ4v) is 2.76. The zero-order chi connectivity index (χ0) is 20.9. The molecule has 0 unspecified atom stereocenters. The van der Waals surface area contributed by atoms with E-state index in [1.54, 1.807) is 18.3 Å². The average molecular weight is 401 g/mol. The van der Waals surface area contributed by atoms with E-state index in [9.17, 15) is 31.1 Å². The van der Waals surface area contributed by atoms with Gasteiger partial charge in [-0.15, -0.1) is 0 Å². The molecule has 0 aliphatic heterocycles. The van der Waals surface area contributed by atoms with Crippen molar-refractivity contribution in [1.29, 1.82) is 0 Å². The molecule has 0 radical (unpaired) electrons. The normalized spacial score (nSPS) is 12.4. The van der Waals surface area contributed by atoms with Crippen molar-refractivity contribution in [2.75, 3.05) is 5.32 Å². The number of nitrogens with one attached hydrogen (secondary N) is 1. The molecule has 0 bridgehead atoms. The molecule has 3 aromatic rings. The number of imidazole rings is 1. The summed E-state index contributed by atoms with van der Waals surface area (Å²) in [5.41, 5.74) is -2.04. The minimum Gasteiger partial charge on any atom is -0.321 e. The molecular weight excluding hydrogens is 388 g/mol. The van der Waals surface area contributed by atoms with Crippen molar-refractivity contribution < 1.29 is 31.1 Å². The van der Waals surface area contributed by atoms with Crippen molar-refractivity contribution in [1.82, 2.24) is 9.38 Å². The van der Waals surface area contributed by atoms with Crippen LogP contribution in [0.1, 0.15) is 32.9 Å². The van der Waals surface area contributed by atoms with Gasteiger partial charge in [-0.25, -0.2) is 4.98 Å². The predicted molar refractivity (Wildman–Crippen MR) is 89.1 cm³/mol. The second-order valence-corrected chi connectivity index (χ2v) is 6.23. The molecule has 0 fully saturated rings. The van der Waals surface area contributed by atoms with Crippen molar-refractivity contribution in [3.05, 3.63) is 64.6 Å². The number of benzene rings is 1. The van der Waals surface area contributed by atoms with Gasteiger partial charge in [0.1, 0.15) is 11.3 Å². The van der Waals surface area contributed by atoms with E-state index in [1.807, 2.05) is 6.92 Å². The van der Waals surface area contributed by atoms with Gasteiger partial charge < -0.3 is 5.32 Å². The van der Waals surface area contributed by atoms with E-state index in [0.717, 1.165) is 5.56 Å². The van der Waals surface area contributed by atoms with Crippen LogP contribution >= 0.6 is 0 Å². The molecule has 2 heterocycles. The second-order valence-electron chi connectivity index (χ2n) is 6.23. The van der Waals surface area contributed by atoms with Gasteiger partial charge >= 0.3 is 12.4 Å². The van der Waals surface area contributed by atoms with Crippen molar-refractivity contribution >= 4 is 17.2 Å². The zero-order valence-electron chi connectivity index (χ0n) is 14.5. The lowest BCUT2D eigenvalue weighted by molar-refractivity contribution is -0.143. The van der Waals surface area contributed by atoms with Crippen LogP contribution in [0.5, 0.6) is 0 Å². The maximum Gasteiger partial charge on any atom is 0.416 e. The molecule has 0 atom stereocenters. The summed E-state index contributed by atoms with van der Waals surface area (Å²) in [6, 6.07) is 4.29. The molecule has 4 nitrogen and oxygen atoms in total. The third-order valence-corrected chi connectivity index (χ3v) is 4.02. The third-order valence-electron chi connectivity index (χ3n) is 4.02. The van der Waals surface area contributed by atoms with E-state index >= 15 is 0 Å². The Kier molecular flexibility index (Phi) is 4.60. The first-order valence-corrected chi connectivity index (χ1v) is 7.92. The molecule has 0 aliphatic rings. The van der Waals surface area contributed by atoms with E-state index in [4.69, 9.17) is 0 Å². The Balaban J connectivity index is 2.04. The number of carbonyl (C=O) groups is 1. The van der Waals surface area contributed by atoms with Gasteiger partial charge in [0.15, 0.2) is 0 Å². The summed E-state index contributed by atoms with van der Waals surface area (Å²) in [6.45, 7) is 3.33. The van der Waals surface area contributed by atoms with Crippen molar-refractivity contribution in [2.45, 2.75) is 26.2 Å². The van der Waals surface area contributed by atoms with Crippen LogP contribution in [-0.2, 0) is 12.4 Å². The van der Waals surface area contributed by atoms with Gasteiger partial charge in [0.05, 0.1) is 16.8 Å². The van der Waals surface area contributed by atoms with Crippen LogP contribution in [0.2, 0.25) is 0 Å². The molecule has 1 amide bonds. The number of rotatable bonds is 2. The summed E-state index contributed by atoms with van der Waals surface area (Å²) < 4.78 is 79.2. The topological polar surface area (TPSA) is 46.4 Å².